The molecule has 0 aromatic heterocycles. The maximum absolute atomic E-state index is 13.6. The summed E-state index contributed by atoms with van der Waals surface area (Å²) in [4.78, 5) is 15.0. The van der Waals surface area contributed by atoms with Gasteiger partial charge in [-0.15, -0.1) is 0 Å². The molecule has 4 rings (SSSR count). The Kier molecular flexibility index (Phi) is 7.92. The zero-order chi connectivity index (χ0) is 26.3. The lowest BCUT2D eigenvalue weighted by atomic mass is 10.1. The van der Waals surface area contributed by atoms with Crippen LogP contribution in [0.25, 0.3) is 0 Å². The fraction of sp³-hybridized carbons (Fsp3) is 0.100. The van der Waals surface area contributed by atoms with Crippen molar-refractivity contribution < 1.29 is 22.1 Å². The predicted octanol–water partition coefficient (Wildman–Crippen LogP) is 5.47. The lowest BCUT2D eigenvalue weighted by Crippen LogP contribution is -2.32. The molecule has 0 atom stereocenters. The van der Waals surface area contributed by atoms with Crippen molar-refractivity contribution in [3.63, 3.8) is 0 Å². The van der Waals surface area contributed by atoms with Gasteiger partial charge in [0.25, 0.3) is 5.91 Å². The smallest absolute Gasteiger partial charge is 0.339 e. The lowest BCUT2D eigenvalue weighted by Gasteiger charge is -2.23. The number of rotatable bonds is 7. The van der Waals surface area contributed by atoms with E-state index in [1.807, 2.05) is 31.2 Å². The first kappa shape index (κ1) is 25.5. The van der Waals surface area contributed by atoms with E-state index < -0.39 is 10.1 Å². The van der Waals surface area contributed by atoms with Crippen LogP contribution in [0.1, 0.15) is 21.5 Å². The number of carbonyl (C=O) groups excluding carboxylic acids is 1. The molecule has 1 amide bonds. The molecule has 0 N–H and O–H groups in total. The largest absolute Gasteiger partial charge is 0.495 e. The molecule has 0 bridgehead atoms. The molecule has 0 saturated heterocycles. The fourth-order valence-corrected chi connectivity index (χ4v) is 4.53. The van der Waals surface area contributed by atoms with Gasteiger partial charge in [-0.25, -0.2) is 0 Å². The van der Waals surface area contributed by atoms with E-state index in [1.54, 1.807) is 67.8 Å². The Hall–Kier alpha value is -4.54. The summed E-state index contributed by atoms with van der Waals surface area (Å²) < 4.78 is 37.0. The maximum atomic E-state index is 13.6. The molecule has 6 nitrogen and oxygen atoms in total. The van der Waals surface area contributed by atoms with Crippen LogP contribution in [-0.2, 0) is 10.1 Å². The highest BCUT2D eigenvalue weighted by molar-refractivity contribution is 7.87. The number of hydrogen-bond acceptors (Lipinski definition) is 5. The van der Waals surface area contributed by atoms with Crippen molar-refractivity contribution in [1.82, 2.24) is 0 Å². The zero-order valence-electron chi connectivity index (χ0n) is 20.4. The molecule has 0 radical (unpaired) electrons. The van der Waals surface area contributed by atoms with Gasteiger partial charge in [-0.05, 0) is 55.5 Å². The van der Waals surface area contributed by atoms with Gasteiger partial charge in [-0.1, -0.05) is 72.0 Å². The number of anilines is 1. The van der Waals surface area contributed by atoms with Gasteiger partial charge in [0, 0.05) is 5.56 Å². The van der Waals surface area contributed by atoms with E-state index in [0.717, 1.165) is 5.56 Å². The summed E-state index contributed by atoms with van der Waals surface area (Å²) in [5, 5.41) is 0. The number of carbonyl (C=O) groups is 1. The van der Waals surface area contributed by atoms with E-state index in [9.17, 15) is 13.2 Å². The highest BCUT2D eigenvalue weighted by Crippen LogP contribution is 2.32. The van der Waals surface area contributed by atoms with Crippen molar-refractivity contribution in [2.45, 2.75) is 11.8 Å². The average Bonchev–Trinajstić information content (AvgIpc) is 2.92. The number of para-hydroxylation sites is 3. The topological polar surface area (TPSA) is 72.9 Å². The zero-order valence-corrected chi connectivity index (χ0v) is 21.2. The minimum Gasteiger partial charge on any atom is -0.495 e. The number of ether oxygens (including phenoxy) is 1. The van der Waals surface area contributed by atoms with E-state index in [0.29, 0.717) is 16.9 Å². The summed E-state index contributed by atoms with van der Waals surface area (Å²) in [6, 6.07) is 28.9. The van der Waals surface area contributed by atoms with Crippen molar-refractivity contribution >= 4 is 21.7 Å². The summed E-state index contributed by atoms with van der Waals surface area (Å²) in [6.07, 6.45) is 0. The quantitative estimate of drug-likeness (QED) is 0.243. The molecule has 37 heavy (non-hydrogen) atoms. The van der Waals surface area contributed by atoms with E-state index >= 15 is 0 Å². The van der Waals surface area contributed by atoms with Crippen LogP contribution < -0.4 is 13.8 Å². The van der Waals surface area contributed by atoms with Crippen molar-refractivity contribution in [3.05, 3.63) is 120 Å². The molecule has 186 valence electrons. The third-order valence-electron chi connectivity index (χ3n) is 5.50. The minimum absolute atomic E-state index is 0.0171. The molecular formula is C30H25NO5S. The molecule has 0 saturated carbocycles. The molecule has 0 spiro atoms. The van der Waals surface area contributed by atoms with Gasteiger partial charge in [-0.2, -0.15) is 8.42 Å². The van der Waals surface area contributed by atoms with Gasteiger partial charge in [0.1, 0.15) is 10.6 Å². The van der Waals surface area contributed by atoms with Gasteiger partial charge >= 0.3 is 10.1 Å². The Morgan fingerprint density at radius 1 is 0.811 bits per heavy atom. The van der Waals surface area contributed by atoms with Gasteiger partial charge < -0.3 is 8.92 Å². The number of hydrogen-bond donors (Lipinski definition) is 0. The first-order chi connectivity index (χ1) is 17.9. The van der Waals surface area contributed by atoms with E-state index in [2.05, 4.69) is 11.8 Å². The van der Waals surface area contributed by atoms with Gasteiger partial charge in [-0.3, -0.25) is 9.69 Å². The van der Waals surface area contributed by atoms with Crippen molar-refractivity contribution in [1.29, 1.82) is 0 Å². The first-order valence-electron chi connectivity index (χ1n) is 11.5. The summed E-state index contributed by atoms with van der Waals surface area (Å²) in [7, 11) is -2.58. The van der Waals surface area contributed by atoms with Crippen LogP contribution in [0.5, 0.6) is 11.5 Å². The van der Waals surface area contributed by atoms with E-state index in [-0.39, 0.29) is 28.8 Å². The molecule has 0 heterocycles. The van der Waals surface area contributed by atoms with Crippen molar-refractivity contribution in [3.8, 4) is 23.3 Å². The van der Waals surface area contributed by atoms with Crippen LogP contribution >= 0.6 is 0 Å². The second-order valence-electron chi connectivity index (χ2n) is 8.08. The molecular weight excluding hydrogens is 486 g/mol. The summed E-state index contributed by atoms with van der Waals surface area (Å²) >= 11 is 0. The van der Waals surface area contributed by atoms with Crippen LogP contribution in [0.3, 0.4) is 0 Å². The molecule has 4 aromatic rings. The highest BCUT2D eigenvalue weighted by atomic mass is 32.2. The number of amides is 1. The van der Waals surface area contributed by atoms with Crippen molar-refractivity contribution in [2.24, 2.45) is 0 Å². The third-order valence-corrected chi connectivity index (χ3v) is 6.75. The molecule has 0 aliphatic heterocycles. The number of nitrogens with zero attached hydrogens (tertiary/aromatic N) is 1. The summed E-state index contributed by atoms with van der Waals surface area (Å²) in [6.45, 7) is 1.85. The highest BCUT2D eigenvalue weighted by Gasteiger charge is 2.24. The number of methoxy groups -OCH3 is 1. The molecule has 0 unspecified atom stereocenters. The Morgan fingerprint density at radius 3 is 2.14 bits per heavy atom. The molecule has 0 fully saturated rings. The second kappa shape index (κ2) is 11.5. The molecule has 0 aliphatic rings. The molecule has 0 aliphatic carbocycles. The third kappa shape index (κ3) is 6.18. The standard InChI is InChI=1S/C30H25NO5S/c1-23-18-20-26(21-19-23)37(33,34)36-29-17-9-7-15-27(29)31(30(32)25-12-4-3-5-13-25)22-10-14-24-11-6-8-16-28(24)35-2/h3-9,11-13,15-21H,22H2,1-2H3. The lowest BCUT2D eigenvalue weighted by molar-refractivity contribution is 0.0989. The number of benzene rings is 4. The van der Waals surface area contributed by atoms with Crippen LogP contribution in [-0.4, -0.2) is 28.0 Å². The summed E-state index contributed by atoms with van der Waals surface area (Å²) in [5.74, 6) is 6.35. The van der Waals surface area contributed by atoms with Gasteiger partial charge in [0.15, 0.2) is 5.75 Å². The Balaban J connectivity index is 1.72. The molecule has 7 heteroatoms. The number of aryl methyl sites for hydroxylation is 1. The Bertz CT molecular complexity index is 1550. The average molecular weight is 512 g/mol. The van der Waals surface area contributed by atoms with Gasteiger partial charge in [0.2, 0.25) is 0 Å². The Morgan fingerprint density at radius 2 is 1.43 bits per heavy atom. The van der Waals surface area contributed by atoms with Crippen molar-refractivity contribution in [2.75, 3.05) is 18.6 Å². The normalized spacial score (nSPS) is 10.6. The fourth-order valence-electron chi connectivity index (χ4n) is 3.59. The van der Waals surface area contributed by atoms with Crippen LogP contribution in [0, 0.1) is 18.8 Å². The second-order valence-corrected chi connectivity index (χ2v) is 9.62. The van der Waals surface area contributed by atoms with Gasteiger partial charge in [0.05, 0.1) is 24.9 Å². The first-order valence-corrected chi connectivity index (χ1v) is 12.9. The van der Waals surface area contributed by atoms with Crippen LogP contribution in [0.4, 0.5) is 5.69 Å². The van der Waals surface area contributed by atoms with Crippen LogP contribution in [0.15, 0.2) is 108 Å². The van der Waals surface area contributed by atoms with Crippen LogP contribution in [0.2, 0.25) is 0 Å². The minimum atomic E-state index is -4.14. The SMILES string of the molecule is COc1ccccc1C#CCN(C(=O)c1ccccc1)c1ccccc1OS(=O)(=O)c1ccc(C)cc1. The summed E-state index contributed by atoms with van der Waals surface area (Å²) in [5.41, 5.74) is 2.30. The Labute approximate surface area is 217 Å². The molecule has 4 aromatic carbocycles. The predicted molar refractivity (Wildman–Crippen MR) is 143 cm³/mol. The maximum Gasteiger partial charge on any atom is 0.339 e. The van der Waals surface area contributed by atoms with E-state index in [4.69, 9.17) is 8.92 Å². The van der Waals surface area contributed by atoms with E-state index in [1.165, 1.54) is 23.1 Å². The monoisotopic (exact) mass is 511 g/mol.